The smallest absolute Gasteiger partial charge is 0.175 e. The minimum Gasteiger partial charge on any atom is -0.493 e. The zero-order valence-electron chi connectivity index (χ0n) is 10.5. The summed E-state index contributed by atoms with van der Waals surface area (Å²) in [5, 5.41) is 0. The maximum absolute atomic E-state index is 5.67. The van der Waals surface area contributed by atoms with E-state index in [9.17, 15) is 0 Å². The van der Waals surface area contributed by atoms with Crippen LogP contribution in [0.15, 0.2) is 16.6 Å². The van der Waals surface area contributed by atoms with Crippen molar-refractivity contribution in [2.75, 3.05) is 20.3 Å². The van der Waals surface area contributed by atoms with Crippen LogP contribution in [0.25, 0.3) is 0 Å². The average Bonchev–Trinajstić information content (AvgIpc) is 2.34. The van der Waals surface area contributed by atoms with Crippen molar-refractivity contribution in [1.29, 1.82) is 0 Å². The van der Waals surface area contributed by atoms with Crippen molar-refractivity contribution in [3.63, 3.8) is 0 Å². The van der Waals surface area contributed by atoms with Gasteiger partial charge in [-0.2, -0.15) is 0 Å². The second-order valence-corrected chi connectivity index (χ2v) is 4.70. The highest BCUT2D eigenvalue weighted by molar-refractivity contribution is 9.10. The molecule has 0 radical (unpaired) electrons. The van der Waals surface area contributed by atoms with Gasteiger partial charge in [-0.05, 0) is 59.4 Å². The van der Waals surface area contributed by atoms with Gasteiger partial charge in [-0.1, -0.05) is 6.92 Å². The molecule has 0 bridgehead atoms. The maximum atomic E-state index is 5.67. The molecule has 0 aromatic heterocycles. The number of hydrogen-bond acceptors (Lipinski definition) is 3. The molecule has 0 aliphatic heterocycles. The molecule has 1 aromatic carbocycles. The van der Waals surface area contributed by atoms with Gasteiger partial charge in [-0.15, -0.1) is 0 Å². The van der Waals surface area contributed by atoms with E-state index in [1.165, 1.54) is 5.56 Å². The third kappa shape index (κ3) is 4.21. The van der Waals surface area contributed by atoms with Gasteiger partial charge in [0.1, 0.15) is 0 Å². The molecular formula is C13H20BrNO2. The number of ether oxygens (including phenoxy) is 2. The Balaban J connectivity index is 2.90. The highest BCUT2D eigenvalue weighted by atomic mass is 79.9. The van der Waals surface area contributed by atoms with Crippen LogP contribution in [-0.2, 0) is 6.42 Å². The van der Waals surface area contributed by atoms with Gasteiger partial charge in [0.15, 0.2) is 11.5 Å². The minimum absolute atomic E-state index is 0.692. The Morgan fingerprint density at radius 3 is 2.71 bits per heavy atom. The van der Waals surface area contributed by atoms with Crippen LogP contribution in [-0.4, -0.2) is 20.3 Å². The molecule has 0 atom stereocenters. The van der Waals surface area contributed by atoms with Crippen molar-refractivity contribution in [1.82, 2.24) is 0 Å². The zero-order valence-corrected chi connectivity index (χ0v) is 12.0. The Morgan fingerprint density at radius 2 is 2.12 bits per heavy atom. The first-order valence-electron chi connectivity index (χ1n) is 5.92. The van der Waals surface area contributed by atoms with Gasteiger partial charge < -0.3 is 15.2 Å². The third-order valence-corrected chi connectivity index (χ3v) is 3.00. The molecule has 0 unspecified atom stereocenters. The third-order valence-electron chi connectivity index (χ3n) is 2.41. The minimum atomic E-state index is 0.692. The molecule has 0 saturated heterocycles. The second kappa shape index (κ2) is 7.56. The highest BCUT2D eigenvalue weighted by Crippen LogP contribution is 2.37. The molecule has 0 fully saturated rings. The Labute approximate surface area is 111 Å². The number of aryl methyl sites for hydroxylation is 1. The number of halogens is 1. The highest BCUT2D eigenvalue weighted by Gasteiger charge is 2.11. The van der Waals surface area contributed by atoms with Crippen LogP contribution in [0, 0.1) is 0 Å². The maximum Gasteiger partial charge on any atom is 0.175 e. The average molecular weight is 302 g/mol. The lowest BCUT2D eigenvalue weighted by Gasteiger charge is -2.13. The predicted octanol–water partition coefficient (Wildman–Crippen LogP) is 3.14. The number of rotatable bonds is 7. The fraction of sp³-hybridized carbons (Fsp3) is 0.538. The number of hydrogen-bond donors (Lipinski definition) is 1. The molecule has 2 N–H and O–H groups in total. The van der Waals surface area contributed by atoms with Crippen molar-refractivity contribution in [2.24, 2.45) is 5.73 Å². The van der Waals surface area contributed by atoms with Crippen molar-refractivity contribution in [3.8, 4) is 11.5 Å². The van der Waals surface area contributed by atoms with E-state index >= 15 is 0 Å². The zero-order chi connectivity index (χ0) is 12.7. The van der Waals surface area contributed by atoms with Gasteiger partial charge in [0.05, 0.1) is 18.2 Å². The Hall–Kier alpha value is -0.740. The van der Waals surface area contributed by atoms with Gasteiger partial charge in [-0.25, -0.2) is 0 Å². The van der Waals surface area contributed by atoms with E-state index in [0.717, 1.165) is 35.2 Å². The van der Waals surface area contributed by atoms with Crippen molar-refractivity contribution < 1.29 is 9.47 Å². The topological polar surface area (TPSA) is 44.5 Å². The molecule has 0 aliphatic rings. The lowest BCUT2D eigenvalue weighted by atomic mass is 10.1. The summed E-state index contributed by atoms with van der Waals surface area (Å²) in [4.78, 5) is 0. The van der Waals surface area contributed by atoms with Crippen LogP contribution < -0.4 is 15.2 Å². The van der Waals surface area contributed by atoms with E-state index < -0.39 is 0 Å². The second-order valence-electron chi connectivity index (χ2n) is 3.85. The summed E-state index contributed by atoms with van der Waals surface area (Å²) in [6.45, 7) is 3.47. The summed E-state index contributed by atoms with van der Waals surface area (Å²) in [7, 11) is 1.66. The van der Waals surface area contributed by atoms with Crippen LogP contribution in [0.4, 0.5) is 0 Å². The largest absolute Gasteiger partial charge is 0.493 e. The summed E-state index contributed by atoms with van der Waals surface area (Å²) < 4.78 is 12.0. The van der Waals surface area contributed by atoms with E-state index in [4.69, 9.17) is 15.2 Å². The standard InChI is InChI=1S/C13H20BrNO2/c1-3-7-17-13-11(14)8-10(5-4-6-15)9-12(13)16-2/h8-9H,3-7,15H2,1-2H3. The summed E-state index contributed by atoms with van der Waals surface area (Å²) in [6, 6.07) is 4.09. The first-order valence-corrected chi connectivity index (χ1v) is 6.71. The van der Waals surface area contributed by atoms with Crippen LogP contribution in [0.5, 0.6) is 11.5 Å². The Kier molecular flexibility index (Phi) is 6.37. The monoisotopic (exact) mass is 301 g/mol. The van der Waals surface area contributed by atoms with Crippen LogP contribution >= 0.6 is 15.9 Å². The molecule has 3 nitrogen and oxygen atoms in total. The van der Waals surface area contributed by atoms with E-state index in [-0.39, 0.29) is 0 Å². The van der Waals surface area contributed by atoms with E-state index in [0.29, 0.717) is 13.2 Å². The molecule has 1 aromatic rings. The Bertz CT molecular complexity index is 356. The van der Waals surface area contributed by atoms with Gasteiger partial charge in [0.25, 0.3) is 0 Å². The lowest BCUT2D eigenvalue weighted by Crippen LogP contribution is -2.02. The summed E-state index contributed by atoms with van der Waals surface area (Å²) in [5.41, 5.74) is 6.72. The molecule has 4 heteroatoms. The molecule has 0 saturated carbocycles. The fourth-order valence-electron chi connectivity index (χ4n) is 1.57. The summed E-state index contributed by atoms with van der Waals surface area (Å²) >= 11 is 3.52. The summed E-state index contributed by atoms with van der Waals surface area (Å²) in [5.74, 6) is 1.56. The molecule has 0 heterocycles. The first-order chi connectivity index (χ1) is 8.22. The van der Waals surface area contributed by atoms with Gasteiger partial charge >= 0.3 is 0 Å². The molecule has 1 rings (SSSR count). The molecular weight excluding hydrogens is 282 g/mol. The van der Waals surface area contributed by atoms with Crippen molar-refractivity contribution >= 4 is 15.9 Å². The normalized spacial score (nSPS) is 10.4. The SMILES string of the molecule is CCCOc1c(Br)cc(CCCN)cc1OC. The predicted molar refractivity (Wildman–Crippen MR) is 73.9 cm³/mol. The van der Waals surface area contributed by atoms with E-state index in [1.807, 2.05) is 6.07 Å². The molecule has 0 amide bonds. The van der Waals surface area contributed by atoms with Gasteiger partial charge in [0, 0.05) is 0 Å². The lowest BCUT2D eigenvalue weighted by molar-refractivity contribution is 0.292. The number of methoxy groups -OCH3 is 1. The molecule has 0 aliphatic carbocycles. The van der Waals surface area contributed by atoms with Gasteiger partial charge in [-0.3, -0.25) is 0 Å². The fourth-order valence-corrected chi connectivity index (χ4v) is 2.17. The Morgan fingerprint density at radius 1 is 1.35 bits per heavy atom. The quantitative estimate of drug-likeness (QED) is 0.841. The number of benzene rings is 1. The molecule has 17 heavy (non-hydrogen) atoms. The van der Waals surface area contributed by atoms with E-state index in [2.05, 4.69) is 28.9 Å². The van der Waals surface area contributed by atoms with Crippen LogP contribution in [0.1, 0.15) is 25.3 Å². The molecule has 0 spiro atoms. The van der Waals surface area contributed by atoms with E-state index in [1.54, 1.807) is 7.11 Å². The molecule has 96 valence electrons. The van der Waals surface area contributed by atoms with Crippen LogP contribution in [0.3, 0.4) is 0 Å². The first kappa shape index (κ1) is 14.3. The van der Waals surface area contributed by atoms with Gasteiger partial charge in [0.2, 0.25) is 0 Å². The van der Waals surface area contributed by atoms with Crippen molar-refractivity contribution in [2.45, 2.75) is 26.2 Å². The van der Waals surface area contributed by atoms with Crippen LogP contribution in [0.2, 0.25) is 0 Å². The van der Waals surface area contributed by atoms with Crippen molar-refractivity contribution in [3.05, 3.63) is 22.2 Å². The summed E-state index contributed by atoms with van der Waals surface area (Å²) in [6.07, 6.45) is 2.91. The number of nitrogens with two attached hydrogens (primary N) is 1.